The van der Waals surface area contributed by atoms with E-state index in [1.54, 1.807) is 10.4 Å². The van der Waals surface area contributed by atoms with Gasteiger partial charge in [-0.1, -0.05) is 19.8 Å². The molecule has 3 heteroatoms. The van der Waals surface area contributed by atoms with Crippen LogP contribution in [0.1, 0.15) is 49.5 Å². The van der Waals surface area contributed by atoms with Gasteiger partial charge in [-0.25, -0.2) is 0 Å². The summed E-state index contributed by atoms with van der Waals surface area (Å²) in [6.45, 7) is 6.08. The van der Waals surface area contributed by atoms with Crippen molar-refractivity contribution in [2.24, 2.45) is 11.8 Å². The molecule has 3 unspecified atom stereocenters. The van der Waals surface area contributed by atoms with E-state index in [9.17, 15) is 0 Å². The Kier molecular flexibility index (Phi) is 5.36. The monoisotopic (exact) mass is 306 g/mol. The number of nitrogens with one attached hydrogen (secondary N) is 1. The maximum atomic E-state index is 3.60. The van der Waals surface area contributed by atoms with E-state index in [-0.39, 0.29) is 0 Å². The molecule has 2 heterocycles. The highest BCUT2D eigenvalue weighted by atomic mass is 32.1. The molecule has 2 aliphatic rings. The maximum Gasteiger partial charge on any atom is 0.0245 e. The Morgan fingerprint density at radius 3 is 3.10 bits per heavy atom. The zero-order chi connectivity index (χ0) is 14.7. The Morgan fingerprint density at radius 1 is 1.38 bits per heavy atom. The maximum absolute atomic E-state index is 3.60. The number of hydrogen-bond donors (Lipinski definition) is 1. The minimum Gasteiger partial charge on any atom is -0.317 e. The summed E-state index contributed by atoms with van der Waals surface area (Å²) < 4.78 is 0. The van der Waals surface area contributed by atoms with Gasteiger partial charge in [-0.15, -0.1) is 11.3 Å². The summed E-state index contributed by atoms with van der Waals surface area (Å²) in [5.41, 5.74) is 1.59. The molecule has 1 N–H and O–H groups in total. The SMILES string of the molecule is CCCC1CCC(NC)C(CN2CCc3sccc3C2)C1. The molecule has 3 atom stereocenters. The highest BCUT2D eigenvalue weighted by molar-refractivity contribution is 7.10. The summed E-state index contributed by atoms with van der Waals surface area (Å²) in [6, 6.07) is 3.07. The summed E-state index contributed by atoms with van der Waals surface area (Å²) in [4.78, 5) is 4.34. The van der Waals surface area contributed by atoms with Crippen molar-refractivity contribution in [2.75, 3.05) is 20.1 Å². The van der Waals surface area contributed by atoms with Gasteiger partial charge < -0.3 is 5.32 Å². The Bertz CT molecular complexity index is 442. The number of hydrogen-bond acceptors (Lipinski definition) is 3. The van der Waals surface area contributed by atoms with Crippen LogP contribution in [0.25, 0.3) is 0 Å². The van der Waals surface area contributed by atoms with Crippen LogP contribution in [0.4, 0.5) is 0 Å². The van der Waals surface area contributed by atoms with E-state index in [4.69, 9.17) is 0 Å². The van der Waals surface area contributed by atoms with Gasteiger partial charge in [0.15, 0.2) is 0 Å². The highest BCUT2D eigenvalue weighted by Gasteiger charge is 2.31. The van der Waals surface area contributed by atoms with Crippen molar-refractivity contribution in [3.8, 4) is 0 Å². The molecule has 3 rings (SSSR count). The van der Waals surface area contributed by atoms with Gasteiger partial charge in [0.05, 0.1) is 0 Å². The largest absolute Gasteiger partial charge is 0.317 e. The molecule has 1 aliphatic heterocycles. The smallest absolute Gasteiger partial charge is 0.0245 e. The first-order valence-corrected chi connectivity index (χ1v) is 9.63. The molecule has 118 valence electrons. The molecule has 21 heavy (non-hydrogen) atoms. The fourth-order valence-corrected chi connectivity index (χ4v) is 5.30. The predicted molar refractivity (Wildman–Crippen MR) is 91.9 cm³/mol. The Morgan fingerprint density at radius 2 is 2.29 bits per heavy atom. The average Bonchev–Trinajstić information content (AvgIpc) is 2.95. The zero-order valence-corrected chi connectivity index (χ0v) is 14.4. The van der Waals surface area contributed by atoms with Gasteiger partial charge in [-0.05, 0) is 61.6 Å². The first kappa shape index (κ1) is 15.5. The third-order valence-corrected chi connectivity index (χ3v) is 6.56. The van der Waals surface area contributed by atoms with Gasteiger partial charge in [-0.3, -0.25) is 4.90 Å². The van der Waals surface area contributed by atoms with Gasteiger partial charge in [0.2, 0.25) is 0 Å². The molecule has 0 spiro atoms. The van der Waals surface area contributed by atoms with Crippen molar-refractivity contribution >= 4 is 11.3 Å². The van der Waals surface area contributed by atoms with Crippen LogP contribution in [0.15, 0.2) is 11.4 Å². The topological polar surface area (TPSA) is 15.3 Å². The first-order valence-electron chi connectivity index (χ1n) is 8.75. The zero-order valence-electron chi connectivity index (χ0n) is 13.6. The molecule has 0 saturated heterocycles. The van der Waals surface area contributed by atoms with E-state index in [2.05, 4.69) is 35.6 Å². The molecule has 2 nitrogen and oxygen atoms in total. The molecule has 1 saturated carbocycles. The number of nitrogens with zero attached hydrogens (tertiary/aromatic N) is 1. The van der Waals surface area contributed by atoms with Crippen molar-refractivity contribution in [1.82, 2.24) is 10.2 Å². The van der Waals surface area contributed by atoms with Crippen LogP contribution in [0.5, 0.6) is 0 Å². The Hall–Kier alpha value is -0.380. The third-order valence-electron chi connectivity index (χ3n) is 5.54. The predicted octanol–water partition coefficient (Wildman–Crippen LogP) is 3.91. The lowest BCUT2D eigenvalue weighted by atomic mass is 9.76. The molecule has 0 radical (unpaired) electrons. The minimum absolute atomic E-state index is 0.738. The van der Waals surface area contributed by atoms with E-state index in [1.807, 2.05) is 11.3 Å². The molecule has 0 bridgehead atoms. The summed E-state index contributed by atoms with van der Waals surface area (Å²) in [7, 11) is 2.16. The van der Waals surface area contributed by atoms with E-state index >= 15 is 0 Å². The Balaban J connectivity index is 1.59. The van der Waals surface area contributed by atoms with Crippen LogP contribution in [-0.2, 0) is 13.0 Å². The van der Waals surface area contributed by atoms with Gasteiger partial charge in [0.1, 0.15) is 0 Å². The molecular weight excluding hydrogens is 276 g/mol. The standard InChI is InChI=1S/C18H30N2S/c1-3-4-14-5-6-17(19-2)16(11-14)13-20-9-7-18-15(12-20)8-10-21-18/h8,10,14,16-17,19H,3-7,9,11-13H2,1-2H3. The fourth-order valence-electron chi connectivity index (χ4n) is 4.41. The number of thiophene rings is 1. The third kappa shape index (κ3) is 3.69. The molecule has 0 amide bonds. The lowest BCUT2D eigenvalue weighted by Gasteiger charge is -2.40. The van der Waals surface area contributed by atoms with E-state index in [0.29, 0.717) is 0 Å². The highest BCUT2D eigenvalue weighted by Crippen LogP contribution is 2.34. The van der Waals surface area contributed by atoms with Crippen LogP contribution in [-0.4, -0.2) is 31.1 Å². The van der Waals surface area contributed by atoms with Crippen LogP contribution >= 0.6 is 11.3 Å². The first-order chi connectivity index (χ1) is 10.3. The lowest BCUT2D eigenvalue weighted by molar-refractivity contribution is 0.132. The average molecular weight is 307 g/mol. The minimum atomic E-state index is 0.738. The second-order valence-corrected chi connectivity index (χ2v) is 7.98. The molecule has 1 aromatic heterocycles. The molecule has 0 aromatic carbocycles. The number of fused-ring (bicyclic) bond motifs is 1. The van der Waals surface area contributed by atoms with Gasteiger partial charge >= 0.3 is 0 Å². The molecular formula is C18H30N2S. The van der Waals surface area contributed by atoms with Gasteiger partial charge in [-0.2, -0.15) is 0 Å². The van der Waals surface area contributed by atoms with Crippen LogP contribution < -0.4 is 5.32 Å². The fraction of sp³-hybridized carbons (Fsp3) is 0.778. The van der Waals surface area contributed by atoms with E-state index in [1.165, 1.54) is 58.2 Å². The quantitative estimate of drug-likeness (QED) is 0.887. The molecule has 1 aliphatic carbocycles. The summed E-state index contributed by atoms with van der Waals surface area (Å²) >= 11 is 1.95. The van der Waals surface area contributed by atoms with Crippen molar-refractivity contribution in [3.05, 3.63) is 21.9 Å². The normalized spacial score (nSPS) is 30.3. The van der Waals surface area contributed by atoms with Crippen molar-refractivity contribution in [1.29, 1.82) is 0 Å². The summed E-state index contributed by atoms with van der Waals surface area (Å²) in [6.07, 6.45) is 8.30. The van der Waals surface area contributed by atoms with Gasteiger partial charge in [0.25, 0.3) is 0 Å². The molecule has 1 fully saturated rings. The molecule has 1 aromatic rings. The van der Waals surface area contributed by atoms with Crippen LogP contribution in [0.3, 0.4) is 0 Å². The Labute approximate surface area is 133 Å². The van der Waals surface area contributed by atoms with Gasteiger partial charge in [0, 0.05) is 30.6 Å². The van der Waals surface area contributed by atoms with E-state index < -0.39 is 0 Å². The second kappa shape index (κ2) is 7.26. The second-order valence-electron chi connectivity index (χ2n) is 6.98. The van der Waals surface area contributed by atoms with Crippen LogP contribution in [0, 0.1) is 11.8 Å². The van der Waals surface area contributed by atoms with Crippen molar-refractivity contribution < 1.29 is 0 Å². The summed E-state index contributed by atoms with van der Waals surface area (Å²) in [5.74, 6) is 1.83. The van der Waals surface area contributed by atoms with Crippen LogP contribution in [0.2, 0.25) is 0 Å². The van der Waals surface area contributed by atoms with E-state index in [0.717, 1.165) is 17.9 Å². The number of rotatable bonds is 5. The summed E-state index contributed by atoms with van der Waals surface area (Å²) in [5, 5.41) is 5.86. The van der Waals surface area contributed by atoms with Crippen molar-refractivity contribution in [2.45, 2.75) is 58.0 Å². The van der Waals surface area contributed by atoms with Crippen molar-refractivity contribution in [3.63, 3.8) is 0 Å². The lowest BCUT2D eigenvalue weighted by Crippen LogP contribution is -2.45.